The molecule has 17 heavy (non-hydrogen) atoms. The highest BCUT2D eigenvalue weighted by atomic mass is 19.4. The molecule has 2 atom stereocenters. The van der Waals surface area contributed by atoms with Crippen LogP contribution in [-0.2, 0) is 0 Å². The molecule has 0 aromatic heterocycles. The van der Waals surface area contributed by atoms with Gasteiger partial charge in [0.2, 0.25) is 0 Å². The number of rotatable bonds is 5. The first-order valence-corrected chi connectivity index (χ1v) is 5.89. The first-order chi connectivity index (χ1) is 7.82. The van der Waals surface area contributed by atoms with Crippen LogP contribution in [0.5, 0.6) is 0 Å². The molecule has 0 spiro atoms. The van der Waals surface area contributed by atoms with Gasteiger partial charge >= 0.3 is 6.18 Å². The van der Waals surface area contributed by atoms with Gasteiger partial charge in [0, 0.05) is 18.1 Å². The van der Waals surface area contributed by atoms with Gasteiger partial charge in [-0.05, 0) is 33.4 Å². The zero-order valence-electron chi connectivity index (χ0n) is 10.3. The maximum atomic E-state index is 12.1. The normalized spacial score (nSPS) is 30.2. The summed E-state index contributed by atoms with van der Waals surface area (Å²) in [4.78, 5) is 1.75. The summed E-state index contributed by atoms with van der Waals surface area (Å²) in [5.41, 5.74) is -0.308. The van der Waals surface area contributed by atoms with Crippen molar-refractivity contribution in [2.24, 2.45) is 0 Å². The second-order valence-electron chi connectivity index (χ2n) is 4.93. The van der Waals surface area contributed by atoms with Crippen LogP contribution in [0.15, 0.2) is 0 Å². The summed E-state index contributed by atoms with van der Waals surface area (Å²) in [6.07, 6.45) is -2.53. The molecule has 2 N–H and O–H groups in total. The van der Waals surface area contributed by atoms with Gasteiger partial charge < -0.3 is 15.3 Å². The van der Waals surface area contributed by atoms with E-state index in [1.807, 2.05) is 0 Å². The maximum Gasteiger partial charge on any atom is 0.390 e. The number of aliphatic hydroxyl groups is 1. The van der Waals surface area contributed by atoms with Crippen LogP contribution in [0.25, 0.3) is 0 Å². The molecule has 0 bridgehead atoms. The lowest BCUT2D eigenvalue weighted by molar-refractivity contribution is -0.138. The van der Waals surface area contributed by atoms with Gasteiger partial charge in [-0.25, -0.2) is 0 Å². The Balaban J connectivity index is 2.42. The summed E-state index contributed by atoms with van der Waals surface area (Å²) in [5, 5.41) is 12.4. The van der Waals surface area contributed by atoms with E-state index in [9.17, 15) is 18.3 Å². The molecule has 1 fully saturated rings. The highest BCUT2D eigenvalue weighted by Crippen LogP contribution is 2.32. The lowest BCUT2D eigenvalue weighted by Gasteiger charge is -2.29. The second-order valence-corrected chi connectivity index (χ2v) is 4.93. The molecule has 0 radical (unpaired) electrons. The Morgan fingerprint density at radius 2 is 2.12 bits per heavy atom. The van der Waals surface area contributed by atoms with E-state index in [4.69, 9.17) is 0 Å². The molecule has 1 aliphatic rings. The van der Waals surface area contributed by atoms with E-state index >= 15 is 0 Å². The number of hydrogen-bond donors (Lipinski definition) is 2. The van der Waals surface area contributed by atoms with Crippen molar-refractivity contribution in [1.29, 1.82) is 0 Å². The molecule has 1 rings (SSSR count). The average molecular weight is 254 g/mol. The number of nitrogens with zero attached hydrogens (tertiary/aromatic N) is 1. The van der Waals surface area contributed by atoms with Crippen molar-refractivity contribution < 1.29 is 18.3 Å². The van der Waals surface area contributed by atoms with Crippen LogP contribution in [0.2, 0.25) is 0 Å². The quantitative estimate of drug-likeness (QED) is 0.778. The van der Waals surface area contributed by atoms with Gasteiger partial charge in [0.05, 0.1) is 13.0 Å². The summed E-state index contributed by atoms with van der Waals surface area (Å²) in [6.45, 7) is 0.0620. The van der Waals surface area contributed by atoms with Gasteiger partial charge in [0.15, 0.2) is 0 Å². The summed E-state index contributed by atoms with van der Waals surface area (Å²) >= 11 is 0. The van der Waals surface area contributed by atoms with Crippen molar-refractivity contribution in [1.82, 2.24) is 10.2 Å². The summed E-state index contributed by atoms with van der Waals surface area (Å²) in [5.74, 6) is 0. The van der Waals surface area contributed by atoms with E-state index in [0.29, 0.717) is 6.42 Å². The minimum absolute atomic E-state index is 0.0272. The van der Waals surface area contributed by atoms with E-state index in [1.54, 1.807) is 19.0 Å². The van der Waals surface area contributed by atoms with Crippen molar-refractivity contribution in [3.8, 4) is 0 Å². The predicted octanol–water partition coefficient (Wildman–Crippen LogP) is 1.37. The molecule has 0 saturated heterocycles. The van der Waals surface area contributed by atoms with Gasteiger partial charge in [-0.2, -0.15) is 13.2 Å². The van der Waals surface area contributed by atoms with Gasteiger partial charge in [-0.1, -0.05) is 0 Å². The third-order valence-electron chi connectivity index (χ3n) is 3.79. The third kappa shape index (κ3) is 4.12. The van der Waals surface area contributed by atoms with Crippen molar-refractivity contribution in [3.63, 3.8) is 0 Å². The minimum Gasteiger partial charge on any atom is -0.394 e. The van der Waals surface area contributed by atoms with Crippen LogP contribution in [0.1, 0.15) is 25.7 Å². The molecule has 3 nitrogen and oxygen atoms in total. The Hall–Kier alpha value is -0.330. The van der Waals surface area contributed by atoms with E-state index in [1.165, 1.54) is 0 Å². The zero-order chi connectivity index (χ0) is 13.1. The van der Waals surface area contributed by atoms with Crippen molar-refractivity contribution >= 4 is 0 Å². The maximum absolute atomic E-state index is 12.1. The van der Waals surface area contributed by atoms with Crippen LogP contribution in [-0.4, -0.2) is 55.0 Å². The van der Waals surface area contributed by atoms with Crippen molar-refractivity contribution in [2.75, 3.05) is 27.2 Å². The first kappa shape index (κ1) is 14.7. The smallest absolute Gasteiger partial charge is 0.390 e. The lowest BCUT2D eigenvalue weighted by atomic mass is 9.99. The van der Waals surface area contributed by atoms with Crippen LogP contribution in [0.3, 0.4) is 0 Å². The molecule has 1 aliphatic carbocycles. The number of nitrogens with one attached hydrogen (secondary N) is 1. The number of alkyl halides is 3. The van der Waals surface area contributed by atoms with Gasteiger partial charge in [-0.3, -0.25) is 0 Å². The van der Waals surface area contributed by atoms with Crippen molar-refractivity contribution in [2.45, 2.75) is 43.4 Å². The lowest BCUT2D eigenvalue weighted by Crippen LogP contribution is -2.45. The first-order valence-electron chi connectivity index (χ1n) is 5.89. The highest BCUT2D eigenvalue weighted by Gasteiger charge is 2.39. The van der Waals surface area contributed by atoms with E-state index in [2.05, 4.69) is 5.32 Å². The van der Waals surface area contributed by atoms with Crippen LogP contribution in [0.4, 0.5) is 13.2 Å². The number of likely N-dealkylation sites (N-methyl/N-ethyl adjacent to an activating group) is 1. The Morgan fingerprint density at radius 1 is 1.47 bits per heavy atom. The summed E-state index contributed by atoms with van der Waals surface area (Å²) < 4.78 is 36.3. The fourth-order valence-electron chi connectivity index (χ4n) is 2.41. The molecule has 0 aromatic rings. The SMILES string of the molecule is CNC1(CO)CCC(N(C)CCC(F)(F)F)C1. The molecule has 1 saturated carbocycles. The van der Waals surface area contributed by atoms with Crippen LogP contribution < -0.4 is 5.32 Å². The molecule has 0 aliphatic heterocycles. The van der Waals surface area contributed by atoms with Gasteiger partial charge in [0.25, 0.3) is 0 Å². The monoisotopic (exact) mass is 254 g/mol. The largest absolute Gasteiger partial charge is 0.394 e. The van der Waals surface area contributed by atoms with E-state index < -0.39 is 12.6 Å². The Kier molecular flexibility index (Phi) is 4.80. The second kappa shape index (κ2) is 5.54. The Morgan fingerprint density at radius 3 is 2.53 bits per heavy atom. The number of aliphatic hydroxyl groups excluding tert-OH is 1. The molecule has 0 aromatic carbocycles. The predicted molar refractivity (Wildman–Crippen MR) is 59.8 cm³/mol. The topological polar surface area (TPSA) is 35.5 Å². The van der Waals surface area contributed by atoms with Crippen molar-refractivity contribution in [3.05, 3.63) is 0 Å². The zero-order valence-corrected chi connectivity index (χ0v) is 10.3. The Bertz CT molecular complexity index is 241. The fraction of sp³-hybridized carbons (Fsp3) is 1.00. The standard InChI is InChI=1S/C11H21F3N2O/c1-15-10(8-17)4-3-9(7-10)16(2)6-5-11(12,13)14/h9,15,17H,3-8H2,1-2H3. The molecule has 0 heterocycles. The Labute approximate surface area is 100.0 Å². The average Bonchev–Trinajstić information content (AvgIpc) is 2.70. The number of halogens is 3. The van der Waals surface area contributed by atoms with Crippen LogP contribution in [0, 0.1) is 0 Å². The third-order valence-corrected chi connectivity index (χ3v) is 3.79. The van der Waals surface area contributed by atoms with E-state index in [-0.39, 0.29) is 24.7 Å². The molecule has 102 valence electrons. The highest BCUT2D eigenvalue weighted by molar-refractivity contribution is 4.98. The number of hydrogen-bond acceptors (Lipinski definition) is 3. The van der Waals surface area contributed by atoms with E-state index in [0.717, 1.165) is 12.8 Å². The summed E-state index contributed by atoms with van der Waals surface area (Å²) in [7, 11) is 3.51. The summed E-state index contributed by atoms with van der Waals surface area (Å²) in [6, 6.07) is 0.122. The molecular weight excluding hydrogens is 233 g/mol. The molecule has 0 amide bonds. The fourth-order valence-corrected chi connectivity index (χ4v) is 2.41. The van der Waals surface area contributed by atoms with Crippen LogP contribution >= 0.6 is 0 Å². The molecule has 2 unspecified atom stereocenters. The van der Waals surface area contributed by atoms with Gasteiger partial charge in [0.1, 0.15) is 0 Å². The van der Waals surface area contributed by atoms with Gasteiger partial charge in [-0.15, -0.1) is 0 Å². The molecular formula is C11H21F3N2O. The minimum atomic E-state index is -4.09. The molecule has 6 heteroatoms.